The molecule has 1 nitrogen and oxygen atoms in total. The van der Waals surface area contributed by atoms with E-state index < -0.39 is 0 Å². The van der Waals surface area contributed by atoms with Crippen molar-refractivity contribution in [3.63, 3.8) is 0 Å². The van der Waals surface area contributed by atoms with Crippen molar-refractivity contribution >= 4 is 0 Å². The largest absolute Gasteiger partial charge is 0.507 e. The highest BCUT2D eigenvalue weighted by molar-refractivity contribution is 5.78. The van der Waals surface area contributed by atoms with Crippen molar-refractivity contribution in [2.24, 2.45) is 0 Å². The summed E-state index contributed by atoms with van der Waals surface area (Å²) in [4.78, 5) is 0. The summed E-state index contributed by atoms with van der Waals surface area (Å²) in [5.41, 5.74) is 8.26. The molecule has 0 heterocycles. The smallest absolute Gasteiger partial charge is 0.126 e. The lowest BCUT2D eigenvalue weighted by Crippen LogP contribution is -2.11. The maximum atomic E-state index is 10.7. The summed E-state index contributed by atoms with van der Waals surface area (Å²) < 4.78 is 0. The van der Waals surface area contributed by atoms with Crippen molar-refractivity contribution < 1.29 is 5.11 Å². The molecular weight excluding hydrogens is 268 g/mol. The van der Waals surface area contributed by atoms with Gasteiger partial charge in [-0.3, -0.25) is 0 Å². The summed E-state index contributed by atoms with van der Waals surface area (Å²) in [6, 6.07) is 8.71. The first-order valence-electron chi connectivity index (χ1n) is 8.09. The van der Waals surface area contributed by atoms with Crippen LogP contribution in [0.4, 0.5) is 0 Å². The van der Waals surface area contributed by atoms with Gasteiger partial charge in [0.05, 0.1) is 0 Å². The zero-order chi connectivity index (χ0) is 16.7. The monoisotopic (exact) mass is 296 g/mol. The average molecular weight is 296 g/mol. The Hall–Kier alpha value is -1.76. The lowest BCUT2D eigenvalue weighted by molar-refractivity contribution is 0.471. The molecule has 0 amide bonds. The predicted octanol–water partition coefficient (Wildman–Crippen LogP) is 5.84. The van der Waals surface area contributed by atoms with E-state index in [1.807, 2.05) is 6.92 Å². The number of rotatable bonds is 2. The fourth-order valence-electron chi connectivity index (χ4n) is 3.12. The van der Waals surface area contributed by atoms with Crippen LogP contribution in [0.15, 0.2) is 24.3 Å². The molecule has 118 valence electrons. The van der Waals surface area contributed by atoms with Crippen LogP contribution < -0.4 is 0 Å². The van der Waals surface area contributed by atoms with E-state index in [-0.39, 0.29) is 5.41 Å². The van der Waals surface area contributed by atoms with Gasteiger partial charge in [0, 0.05) is 5.56 Å². The van der Waals surface area contributed by atoms with Gasteiger partial charge >= 0.3 is 0 Å². The van der Waals surface area contributed by atoms with Crippen LogP contribution >= 0.6 is 0 Å². The van der Waals surface area contributed by atoms with Crippen molar-refractivity contribution in [2.45, 2.75) is 60.3 Å². The highest BCUT2D eigenvalue weighted by Crippen LogP contribution is 2.40. The molecule has 0 saturated carbocycles. The normalized spacial score (nSPS) is 11.8. The van der Waals surface area contributed by atoms with E-state index in [1.165, 1.54) is 27.8 Å². The Kier molecular flexibility index (Phi) is 4.37. The van der Waals surface area contributed by atoms with Crippen LogP contribution in [0.1, 0.15) is 55.5 Å². The fourth-order valence-corrected chi connectivity index (χ4v) is 3.12. The van der Waals surface area contributed by atoms with Crippen LogP contribution in [0.25, 0.3) is 11.1 Å². The minimum Gasteiger partial charge on any atom is -0.507 e. The number of hydrogen-bond donors (Lipinski definition) is 1. The second-order valence-corrected chi connectivity index (χ2v) is 7.41. The predicted molar refractivity (Wildman–Crippen MR) is 95.8 cm³/mol. The maximum absolute atomic E-state index is 10.7. The molecule has 2 aromatic carbocycles. The Morgan fingerprint density at radius 3 is 2.09 bits per heavy atom. The first-order chi connectivity index (χ1) is 10.1. The third kappa shape index (κ3) is 3.04. The van der Waals surface area contributed by atoms with E-state index in [0.29, 0.717) is 5.75 Å². The van der Waals surface area contributed by atoms with Gasteiger partial charge in [-0.25, -0.2) is 0 Å². The number of hydrogen-bond acceptors (Lipinski definition) is 1. The Labute approximate surface area is 135 Å². The third-order valence-electron chi connectivity index (χ3n) is 4.38. The van der Waals surface area contributed by atoms with E-state index in [0.717, 1.165) is 17.5 Å². The molecule has 1 N–H and O–H groups in total. The topological polar surface area (TPSA) is 20.2 Å². The molecule has 22 heavy (non-hydrogen) atoms. The number of aromatic hydroxyl groups is 1. The van der Waals surface area contributed by atoms with Crippen molar-refractivity contribution in [1.82, 2.24) is 0 Å². The van der Waals surface area contributed by atoms with Crippen molar-refractivity contribution in [1.29, 1.82) is 0 Å². The third-order valence-corrected chi connectivity index (χ3v) is 4.38. The summed E-state index contributed by atoms with van der Waals surface area (Å²) in [5, 5.41) is 10.7. The summed E-state index contributed by atoms with van der Waals surface area (Å²) in [6.07, 6.45) is 0.968. The lowest BCUT2D eigenvalue weighted by Gasteiger charge is -2.23. The van der Waals surface area contributed by atoms with E-state index >= 15 is 0 Å². The second kappa shape index (κ2) is 5.79. The summed E-state index contributed by atoms with van der Waals surface area (Å²) in [5.74, 6) is 0.412. The van der Waals surface area contributed by atoms with Crippen LogP contribution in [0.2, 0.25) is 0 Å². The molecule has 1 heteroatoms. The minimum atomic E-state index is 0.0676. The van der Waals surface area contributed by atoms with E-state index in [4.69, 9.17) is 0 Å². The Morgan fingerprint density at radius 1 is 0.909 bits per heavy atom. The lowest BCUT2D eigenvalue weighted by atomic mass is 9.82. The van der Waals surface area contributed by atoms with Gasteiger partial charge in [0.25, 0.3) is 0 Å². The van der Waals surface area contributed by atoms with Crippen LogP contribution in [-0.4, -0.2) is 5.11 Å². The SMILES string of the molecule is CCc1cc(C)cc(C)c1-c1cc(C(C)(C)C)cc(C)c1O. The Bertz CT molecular complexity index is 703. The van der Waals surface area contributed by atoms with Gasteiger partial charge in [0.2, 0.25) is 0 Å². The van der Waals surface area contributed by atoms with Gasteiger partial charge in [-0.1, -0.05) is 51.5 Å². The zero-order valence-corrected chi connectivity index (χ0v) is 15.0. The molecule has 0 spiro atoms. The Balaban J connectivity index is 2.81. The van der Waals surface area contributed by atoms with Gasteiger partial charge in [0.15, 0.2) is 0 Å². The standard InChI is InChI=1S/C21H28O/c1-8-16-10-13(2)9-14(3)19(16)18-12-17(21(5,6)7)11-15(4)20(18)22/h9-12,22H,8H2,1-7H3. The molecule has 0 aliphatic heterocycles. The van der Waals surface area contributed by atoms with Gasteiger partial charge in [-0.15, -0.1) is 0 Å². The minimum absolute atomic E-state index is 0.0676. The molecule has 0 atom stereocenters. The highest BCUT2D eigenvalue weighted by atomic mass is 16.3. The van der Waals surface area contributed by atoms with Crippen LogP contribution in [0.5, 0.6) is 5.75 Å². The van der Waals surface area contributed by atoms with Gasteiger partial charge in [-0.05, 0) is 66.5 Å². The van der Waals surface area contributed by atoms with Gasteiger partial charge in [-0.2, -0.15) is 0 Å². The second-order valence-electron chi connectivity index (χ2n) is 7.41. The number of benzene rings is 2. The van der Waals surface area contributed by atoms with Gasteiger partial charge in [0.1, 0.15) is 5.75 Å². The number of aryl methyl sites for hydroxylation is 4. The van der Waals surface area contributed by atoms with Gasteiger partial charge < -0.3 is 5.11 Å². The van der Waals surface area contributed by atoms with Crippen LogP contribution in [-0.2, 0) is 11.8 Å². The van der Waals surface area contributed by atoms with E-state index in [1.54, 1.807) is 0 Å². The molecule has 0 aliphatic carbocycles. The van der Waals surface area contributed by atoms with Crippen molar-refractivity contribution in [3.05, 3.63) is 52.1 Å². The summed E-state index contributed by atoms with van der Waals surface area (Å²) in [6.45, 7) is 15.1. The molecule has 0 unspecified atom stereocenters. The average Bonchev–Trinajstić information content (AvgIpc) is 2.40. The Morgan fingerprint density at radius 2 is 1.55 bits per heavy atom. The first kappa shape index (κ1) is 16.6. The molecule has 0 aromatic heterocycles. The molecule has 2 rings (SSSR count). The molecule has 0 bridgehead atoms. The molecule has 0 radical (unpaired) electrons. The summed E-state index contributed by atoms with van der Waals surface area (Å²) in [7, 11) is 0. The van der Waals surface area contributed by atoms with Crippen molar-refractivity contribution in [2.75, 3.05) is 0 Å². The van der Waals surface area contributed by atoms with E-state index in [2.05, 4.69) is 65.8 Å². The quantitative estimate of drug-likeness (QED) is 0.737. The zero-order valence-electron chi connectivity index (χ0n) is 15.0. The van der Waals surface area contributed by atoms with Crippen LogP contribution in [0, 0.1) is 20.8 Å². The highest BCUT2D eigenvalue weighted by Gasteiger charge is 2.20. The maximum Gasteiger partial charge on any atom is 0.126 e. The first-order valence-corrected chi connectivity index (χ1v) is 8.09. The molecule has 2 aromatic rings. The van der Waals surface area contributed by atoms with Crippen LogP contribution in [0.3, 0.4) is 0 Å². The number of phenols is 1. The summed E-state index contributed by atoms with van der Waals surface area (Å²) >= 11 is 0. The number of phenolic OH excluding ortho intramolecular Hbond substituents is 1. The molecular formula is C21H28O. The van der Waals surface area contributed by atoms with Crippen molar-refractivity contribution in [3.8, 4) is 16.9 Å². The fraction of sp³-hybridized carbons (Fsp3) is 0.429. The molecule has 0 aliphatic rings. The molecule has 0 fully saturated rings. The molecule has 0 saturated heterocycles. The van der Waals surface area contributed by atoms with E-state index in [9.17, 15) is 5.11 Å².